The Bertz CT molecular complexity index is 1230. The molecule has 0 aliphatic rings. The number of nitrogens with one attached hydrogen (secondary N) is 2. The van der Waals surface area contributed by atoms with E-state index < -0.39 is 29.5 Å². The van der Waals surface area contributed by atoms with E-state index >= 15 is 0 Å². The van der Waals surface area contributed by atoms with Gasteiger partial charge in [0.05, 0.1) is 28.1 Å². The van der Waals surface area contributed by atoms with E-state index in [4.69, 9.17) is 11.6 Å². The molecule has 0 radical (unpaired) electrons. The summed E-state index contributed by atoms with van der Waals surface area (Å²) in [6.45, 7) is 0. The maximum atomic E-state index is 13.2. The third-order valence-electron chi connectivity index (χ3n) is 4.45. The van der Waals surface area contributed by atoms with Gasteiger partial charge in [-0.25, -0.2) is 4.79 Å². The smallest absolute Gasteiger partial charge is 0.418 e. The Morgan fingerprint density at radius 1 is 0.912 bits per heavy atom. The Morgan fingerprint density at radius 2 is 1.56 bits per heavy atom. The number of amides is 2. The number of rotatable bonds is 7. The number of alkyl halides is 3. The van der Waals surface area contributed by atoms with Crippen LogP contribution in [0.3, 0.4) is 0 Å². The lowest BCUT2D eigenvalue weighted by atomic mass is 10.1. The highest BCUT2D eigenvalue weighted by Gasteiger charge is 2.34. The summed E-state index contributed by atoms with van der Waals surface area (Å²) < 4.78 is 39.5. The zero-order valence-corrected chi connectivity index (χ0v) is 18.7. The van der Waals surface area contributed by atoms with Crippen LogP contribution in [0, 0.1) is 0 Å². The van der Waals surface area contributed by atoms with Crippen molar-refractivity contribution in [2.24, 2.45) is 0 Å². The second kappa shape index (κ2) is 10.6. The van der Waals surface area contributed by atoms with Crippen molar-refractivity contribution < 1.29 is 32.7 Å². The lowest BCUT2D eigenvalue weighted by molar-refractivity contribution is -0.137. The van der Waals surface area contributed by atoms with Crippen molar-refractivity contribution in [3.8, 4) is 0 Å². The quantitative estimate of drug-likeness (QED) is 0.338. The zero-order valence-electron chi connectivity index (χ0n) is 17.2. The summed E-state index contributed by atoms with van der Waals surface area (Å²) in [6, 6.07) is 15.2. The van der Waals surface area contributed by atoms with E-state index in [0.717, 1.165) is 23.9 Å². The lowest BCUT2D eigenvalue weighted by Crippen LogP contribution is -2.18. The van der Waals surface area contributed by atoms with E-state index in [1.54, 1.807) is 30.3 Å². The zero-order chi connectivity index (χ0) is 24.9. The minimum absolute atomic E-state index is 0.00514. The Kier molecular flexibility index (Phi) is 7.85. The molecule has 0 aromatic heterocycles. The van der Waals surface area contributed by atoms with E-state index in [1.165, 1.54) is 24.3 Å². The molecule has 3 rings (SSSR count). The highest BCUT2D eigenvalue weighted by atomic mass is 35.5. The molecule has 0 aliphatic carbocycles. The molecule has 11 heteroatoms. The van der Waals surface area contributed by atoms with Gasteiger partial charge in [0.1, 0.15) is 0 Å². The fourth-order valence-electron chi connectivity index (χ4n) is 2.90. The van der Waals surface area contributed by atoms with Gasteiger partial charge >= 0.3 is 12.1 Å². The summed E-state index contributed by atoms with van der Waals surface area (Å²) in [5.41, 5.74) is -1.15. The van der Waals surface area contributed by atoms with Crippen LogP contribution in [0.4, 0.5) is 24.5 Å². The molecule has 0 bridgehead atoms. The van der Waals surface area contributed by atoms with Gasteiger partial charge in [-0.1, -0.05) is 23.7 Å². The number of carbonyl (C=O) groups excluding carboxylic acids is 2. The monoisotopic (exact) mass is 508 g/mol. The summed E-state index contributed by atoms with van der Waals surface area (Å²) in [5.74, 6) is -2.61. The molecule has 3 aromatic carbocycles. The van der Waals surface area contributed by atoms with Crippen molar-refractivity contribution >= 4 is 52.5 Å². The highest BCUT2D eigenvalue weighted by molar-refractivity contribution is 8.00. The molecule has 0 saturated heterocycles. The Morgan fingerprint density at radius 3 is 2.18 bits per heavy atom. The first-order valence-corrected chi connectivity index (χ1v) is 10.9. The number of halogens is 4. The fourth-order valence-corrected chi connectivity index (χ4v) is 3.77. The second-order valence-electron chi connectivity index (χ2n) is 6.85. The van der Waals surface area contributed by atoms with Crippen LogP contribution < -0.4 is 10.6 Å². The van der Waals surface area contributed by atoms with Crippen LogP contribution in [0.1, 0.15) is 26.3 Å². The minimum Gasteiger partial charge on any atom is -0.478 e. The Hall–Kier alpha value is -3.50. The molecule has 0 atom stereocenters. The van der Waals surface area contributed by atoms with Gasteiger partial charge in [-0.15, -0.1) is 11.8 Å². The average Bonchev–Trinajstić information content (AvgIpc) is 2.79. The number of anilines is 2. The van der Waals surface area contributed by atoms with Crippen LogP contribution in [0.15, 0.2) is 71.6 Å². The lowest BCUT2D eigenvalue weighted by Gasteiger charge is -2.14. The van der Waals surface area contributed by atoms with E-state index in [2.05, 4.69) is 10.6 Å². The molecule has 0 fully saturated rings. The molecular weight excluding hydrogens is 493 g/mol. The van der Waals surface area contributed by atoms with Crippen molar-refractivity contribution in [2.45, 2.75) is 11.1 Å². The number of aromatic carboxylic acids is 1. The first-order chi connectivity index (χ1) is 16.0. The fraction of sp³-hybridized carbons (Fsp3) is 0.0870. The Labute approximate surface area is 201 Å². The van der Waals surface area contributed by atoms with Crippen LogP contribution in [-0.2, 0) is 11.0 Å². The van der Waals surface area contributed by atoms with Gasteiger partial charge in [0.2, 0.25) is 5.91 Å². The summed E-state index contributed by atoms with van der Waals surface area (Å²) in [5, 5.41) is 13.9. The molecule has 2 amide bonds. The van der Waals surface area contributed by atoms with Crippen molar-refractivity contribution in [2.75, 3.05) is 16.4 Å². The molecule has 6 nitrogen and oxygen atoms in total. The standard InChI is InChI=1S/C23H16ClF3N2O4S/c24-13-5-10-19(18(11-13)23(25,26)27)29-20(30)12-34-15-8-6-14(7-9-15)28-21(31)16-3-1-2-4-17(16)22(32)33/h1-11H,12H2,(H,28,31)(H,29,30)(H,32,33). The van der Waals surface area contributed by atoms with Gasteiger partial charge in [0.15, 0.2) is 0 Å². The van der Waals surface area contributed by atoms with Crippen LogP contribution >= 0.6 is 23.4 Å². The van der Waals surface area contributed by atoms with Crippen molar-refractivity contribution in [3.05, 3.63) is 88.4 Å². The first-order valence-electron chi connectivity index (χ1n) is 9.58. The summed E-state index contributed by atoms with van der Waals surface area (Å²) in [7, 11) is 0. The number of hydrogen-bond acceptors (Lipinski definition) is 4. The normalized spacial score (nSPS) is 11.1. The largest absolute Gasteiger partial charge is 0.478 e. The maximum absolute atomic E-state index is 13.2. The first kappa shape index (κ1) is 25.1. The van der Waals surface area contributed by atoms with Crippen LogP contribution in [-0.4, -0.2) is 28.6 Å². The number of hydrogen-bond donors (Lipinski definition) is 3. The van der Waals surface area contributed by atoms with Gasteiger partial charge < -0.3 is 15.7 Å². The average molecular weight is 509 g/mol. The van der Waals surface area contributed by atoms with Crippen molar-refractivity contribution in [1.82, 2.24) is 0 Å². The van der Waals surface area contributed by atoms with Crippen LogP contribution in [0.5, 0.6) is 0 Å². The van der Waals surface area contributed by atoms with Gasteiger partial charge in [0.25, 0.3) is 5.91 Å². The number of thioether (sulfide) groups is 1. The molecule has 3 N–H and O–H groups in total. The molecule has 0 unspecified atom stereocenters. The molecule has 0 saturated carbocycles. The summed E-state index contributed by atoms with van der Waals surface area (Å²) >= 11 is 6.72. The molecule has 3 aromatic rings. The van der Waals surface area contributed by atoms with Crippen LogP contribution in [0.2, 0.25) is 5.02 Å². The van der Waals surface area contributed by atoms with Gasteiger partial charge in [-0.2, -0.15) is 13.2 Å². The van der Waals surface area contributed by atoms with Gasteiger partial charge in [-0.05, 0) is 54.6 Å². The van der Waals surface area contributed by atoms with Crippen molar-refractivity contribution in [1.29, 1.82) is 0 Å². The maximum Gasteiger partial charge on any atom is 0.418 e. The van der Waals surface area contributed by atoms with Gasteiger partial charge in [0, 0.05) is 15.6 Å². The molecular formula is C23H16ClF3N2O4S. The number of carboxylic acids is 1. The number of carboxylic acid groups (broad SMARTS) is 1. The van der Waals surface area contributed by atoms with Crippen LogP contribution in [0.25, 0.3) is 0 Å². The van der Waals surface area contributed by atoms with E-state index in [9.17, 15) is 32.7 Å². The summed E-state index contributed by atoms with van der Waals surface area (Å²) in [4.78, 5) is 36.5. The molecule has 176 valence electrons. The highest BCUT2D eigenvalue weighted by Crippen LogP contribution is 2.36. The number of carbonyl (C=O) groups is 3. The molecule has 0 heterocycles. The van der Waals surface area contributed by atoms with Gasteiger partial charge in [-0.3, -0.25) is 9.59 Å². The third kappa shape index (κ3) is 6.52. The van der Waals surface area contributed by atoms with E-state index in [-0.39, 0.29) is 27.6 Å². The summed E-state index contributed by atoms with van der Waals surface area (Å²) in [6.07, 6.45) is -4.67. The van der Waals surface area contributed by atoms with E-state index in [1.807, 2.05) is 0 Å². The third-order valence-corrected chi connectivity index (χ3v) is 5.69. The Balaban J connectivity index is 1.59. The SMILES string of the molecule is O=C(CSc1ccc(NC(=O)c2ccccc2C(=O)O)cc1)Nc1ccc(Cl)cc1C(F)(F)F. The predicted molar refractivity (Wildman–Crippen MR) is 124 cm³/mol. The van der Waals surface area contributed by atoms with E-state index in [0.29, 0.717) is 10.6 Å². The number of benzene rings is 3. The predicted octanol–water partition coefficient (Wildman–Crippen LogP) is 6.04. The second-order valence-corrected chi connectivity index (χ2v) is 8.34. The van der Waals surface area contributed by atoms with Crippen molar-refractivity contribution in [3.63, 3.8) is 0 Å². The minimum atomic E-state index is -4.67. The molecule has 0 aliphatic heterocycles. The molecule has 0 spiro atoms. The molecule has 34 heavy (non-hydrogen) atoms. The topological polar surface area (TPSA) is 95.5 Å².